The number of anilines is 2. The third kappa shape index (κ3) is 2.74. The quantitative estimate of drug-likeness (QED) is 0.261. The number of halogens is 2. The molecule has 0 bridgehead atoms. The van der Waals surface area contributed by atoms with E-state index in [4.69, 9.17) is 11.5 Å². The van der Waals surface area contributed by atoms with E-state index < -0.39 is 5.41 Å². The number of hydrogen-bond acceptors (Lipinski definition) is 2. The summed E-state index contributed by atoms with van der Waals surface area (Å²) in [6, 6.07) is 29.5. The minimum Gasteiger partial charge on any atom is -0.399 e. The van der Waals surface area contributed by atoms with Crippen LogP contribution in [0.3, 0.4) is 0 Å². The van der Waals surface area contributed by atoms with Crippen molar-refractivity contribution in [1.82, 2.24) is 0 Å². The van der Waals surface area contributed by atoms with Crippen LogP contribution in [0.15, 0.2) is 93.9 Å². The standard InChI is InChI=1S/C25H18Br2N2/c26-17-5-11-21-22-12-6-18(27)14-24(22)25(23(21)13-17,15-1-7-19(28)8-2-15)16-3-9-20(29)10-4-16/h1-14H,28-29H2. The summed E-state index contributed by atoms with van der Waals surface area (Å²) in [5.41, 5.74) is 20.4. The highest BCUT2D eigenvalue weighted by Crippen LogP contribution is 2.57. The lowest BCUT2D eigenvalue weighted by Crippen LogP contribution is -2.28. The molecular weight excluding hydrogens is 488 g/mol. The van der Waals surface area contributed by atoms with Crippen molar-refractivity contribution in [3.05, 3.63) is 116 Å². The lowest BCUT2D eigenvalue weighted by molar-refractivity contribution is 0.767. The lowest BCUT2D eigenvalue weighted by Gasteiger charge is -2.34. The second kappa shape index (κ2) is 6.75. The van der Waals surface area contributed by atoms with Crippen LogP contribution in [-0.4, -0.2) is 0 Å². The molecule has 0 spiro atoms. The molecule has 0 amide bonds. The van der Waals surface area contributed by atoms with Crippen LogP contribution in [0, 0.1) is 0 Å². The molecule has 5 rings (SSSR count). The first-order chi connectivity index (χ1) is 14.0. The van der Waals surface area contributed by atoms with Gasteiger partial charge in [0.05, 0.1) is 5.41 Å². The molecule has 0 radical (unpaired) electrons. The molecule has 0 heterocycles. The molecule has 1 aliphatic rings. The highest BCUT2D eigenvalue weighted by molar-refractivity contribution is 9.10. The van der Waals surface area contributed by atoms with Gasteiger partial charge in [0, 0.05) is 20.3 Å². The Kier molecular flexibility index (Phi) is 4.30. The van der Waals surface area contributed by atoms with Crippen molar-refractivity contribution in [2.24, 2.45) is 0 Å². The smallest absolute Gasteiger partial charge is 0.0714 e. The third-order valence-electron chi connectivity index (χ3n) is 5.75. The first kappa shape index (κ1) is 18.5. The minimum atomic E-state index is -0.459. The Labute approximate surface area is 186 Å². The van der Waals surface area contributed by atoms with E-state index in [1.54, 1.807) is 0 Å². The topological polar surface area (TPSA) is 52.0 Å². The highest BCUT2D eigenvalue weighted by Gasteiger charge is 2.46. The zero-order valence-electron chi connectivity index (χ0n) is 15.5. The van der Waals surface area contributed by atoms with Gasteiger partial charge < -0.3 is 11.5 Å². The van der Waals surface area contributed by atoms with E-state index >= 15 is 0 Å². The molecule has 29 heavy (non-hydrogen) atoms. The average molecular weight is 506 g/mol. The number of nitrogens with two attached hydrogens (primary N) is 2. The van der Waals surface area contributed by atoms with E-state index in [2.05, 4.69) is 92.5 Å². The summed E-state index contributed by atoms with van der Waals surface area (Å²) in [6.45, 7) is 0. The van der Waals surface area contributed by atoms with Crippen LogP contribution < -0.4 is 11.5 Å². The summed E-state index contributed by atoms with van der Waals surface area (Å²) in [5.74, 6) is 0. The summed E-state index contributed by atoms with van der Waals surface area (Å²) >= 11 is 7.39. The zero-order valence-corrected chi connectivity index (χ0v) is 18.7. The molecule has 2 nitrogen and oxygen atoms in total. The van der Waals surface area contributed by atoms with Gasteiger partial charge in [0.15, 0.2) is 0 Å². The van der Waals surface area contributed by atoms with Gasteiger partial charge in [-0.1, -0.05) is 68.3 Å². The van der Waals surface area contributed by atoms with Crippen molar-refractivity contribution in [1.29, 1.82) is 0 Å². The Morgan fingerprint density at radius 3 is 1.28 bits per heavy atom. The molecule has 4 aromatic rings. The molecule has 4 N–H and O–H groups in total. The Morgan fingerprint density at radius 1 is 0.517 bits per heavy atom. The van der Waals surface area contributed by atoms with E-state index in [1.165, 1.54) is 33.4 Å². The van der Waals surface area contributed by atoms with Crippen LogP contribution in [0.4, 0.5) is 11.4 Å². The van der Waals surface area contributed by atoms with Gasteiger partial charge in [0.2, 0.25) is 0 Å². The maximum atomic E-state index is 6.03. The summed E-state index contributed by atoms with van der Waals surface area (Å²) in [4.78, 5) is 0. The Balaban J connectivity index is 1.97. The van der Waals surface area contributed by atoms with Gasteiger partial charge in [-0.2, -0.15) is 0 Å². The average Bonchev–Trinajstić information content (AvgIpc) is 2.99. The lowest BCUT2D eigenvalue weighted by atomic mass is 9.67. The number of nitrogen functional groups attached to an aromatic ring is 2. The summed E-state index contributed by atoms with van der Waals surface area (Å²) in [5, 5.41) is 0. The van der Waals surface area contributed by atoms with Gasteiger partial charge in [0.1, 0.15) is 0 Å². The van der Waals surface area contributed by atoms with E-state index in [-0.39, 0.29) is 0 Å². The van der Waals surface area contributed by atoms with Crippen molar-refractivity contribution >= 4 is 43.2 Å². The first-order valence-electron chi connectivity index (χ1n) is 9.32. The predicted molar refractivity (Wildman–Crippen MR) is 128 cm³/mol. The van der Waals surface area contributed by atoms with Gasteiger partial charge in [-0.3, -0.25) is 0 Å². The maximum absolute atomic E-state index is 6.03. The first-order valence-corrected chi connectivity index (χ1v) is 10.9. The molecule has 0 fully saturated rings. The summed E-state index contributed by atoms with van der Waals surface area (Å²) < 4.78 is 2.11. The monoisotopic (exact) mass is 504 g/mol. The SMILES string of the molecule is Nc1ccc(C2(c3ccc(N)cc3)c3cc(Br)ccc3-c3ccc(Br)cc32)cc1. The Morgan fingerprint density at radius 2 is 0.897 bits per heavy atom. The van der Waals surface area contributed by atoms with Crippen LogP contribution in [0.25, 0.3) is 11.1 Å². The number of fused-ring (bicyclic) bond motifs is 3. The fourth-order valence-electron chi connectivity index (χ4n) is 4.52. The van der Waals surface area contributed by atoms with Crippen LogP contribution in [0.5, 0.6) is 0 Å². The fourth-order valence-corrected chi connectivity index (χ4v) is 5.25. The van der Waals surface area contributed by atoms with Crippen molar-refractivity contribution < 1.29 is 0 Å². The number of rotatable bonds is 2. The van der Waals surface area contributed by atoms with Crippen molar-refractivity contribution in [2.45, 2.75) is 5.41 Å². The maximum Gasteiger partial charge on any atom is 0.0714 e. The summed E-state index contributed by atoms with van der Waals surface area (Å²) in [7, 11) is 0. The zero-order chi connectivity index (χ0) is 20.2. The van der Waals surface area contributed by atoms with Gasteiger partial charge in [-0.05, 0) is 81.9 Å². The highest BCUT2D eigenvalue weighted by atomic mass is 79.9. The molecule has 0 saturated carbocycles. The van der Waals surface area contributed by atoms with Crippen LogP contribution in [0.1, 0.15) is 22.3 Å². The van der Waals surface area contributed by atoms with E-state index in [1.807, 2.05) is 24.3 Å². The number of benzene rings is 4. The molecule has 0 aliphatic heterocycles. The fraction of sp³-hybridized carbons (Fsp3) is 0.0400. The van der Waals surface area contributed by atoms with Crippen molar-refractivity contribution in [3.63, 3.8) is 0 Å². The molecular formula is C25H18Br2N2. The predicted octanol–water partition coefficient (Wildman–Crippen LogP) is 6.74. The van der Waals surface area contributed by atoms with E-state index in [0.29, 0.717) is 0 Å². The molecule has 0 saturated heterocycles. The minimum absolute atomic E-state index is 0.459. The summed E-state index contributed by atoms with van der Waals surface area (Å²) in [6.07, 6.45) is 0. The number of hydrogen-bond donors (Lipinski definition) is 2. The van der Waals surface area contributed by atoms with E-state index in [9.17, 15) is 0 Å². The van der Waals surface area contributed by atoms with Gasteiger partial charge in [-0.15, -0.1) is 0 Å². The second-order valence-electron chi connectivity index (χ2n) is 7.37. The van der Waals surface area contributed by atoms with Gasteiger partial charge in [0.25, 0.3) is 0 Å². The largest absolute Gasteiger partial charge is 0.399 e. The second-order valence-corrected chi connectivity index (χ2v) is 9.21. The molecule has 4 heteroatoms. The van der Waals surface area contributed by atoms with Crippen molar-refractivity contribution in [2.75, 3.05) is 11.5 Å². The van der Waals surface area contributed by atoms with Crippen LogP contribution >= 0.6 is 31.9 Å². The van der Waals surface area contributed by atoms with E-state index in [0.717, 1.165) is 20.3 Å². The molecule has 4 aromatic carbocycles. The molecule has 142 valence electrons. The normalized spacial score (nSPS) is 13.7. The molecule has 0 unspecified atom stereocenters. The molecule has 0 atom stereocenters. The third-order valence-corrected chi connectivity index (χ3v) is 6.74. The molecule has 1 aliphatic carbocycles. The van der Waals surface area contributed by atoms with Crippen LogP contribution in [0.2, 0.25) is 0 Å². The van der Waals surface area contributed by atoms with Gasteiger partial charge in [-0.25, -0.2) is 0 Å². The molecule has 0 aromatic heterocycles. The Hall–Kier alpha value is -2.56. The van der Waals surface area contributed by atoms with Crippen LogP contribution in [-0.2, 0) is 5.41 Å². The van der Waals surface area contributed by atoms with Crippen molar-refractivity contribution in [3.8, 4) is 11.1 Å². The Bertz CT molecular complexity index is 1130. The van der Waals surface area contributed by atoms with Gasteiger partial charge >= 0.3 is 0 Å².